The fourth-order valence-corrected chi connectivity index (χ4v) is 1.75. The summed E-state index contributed by atoms with van der Waals surface area (Å²) in [4.78, 5) is 11.4. The van der Waals surface area contributed by atoms with Crippen molar-refractivity contribution in [2.24, 2.45) is 5.92 Å². The van der Waals surface area contributed by atoms with Gasteiger partial charge in [0.05, 0.1) is 12.7 Å². The standard InChI is InChI=1S/C12H11BrFNO2/c1-2-17-12(16)9(7-15)5-8-6-10(13)3-4-11(8)14/h3-4,6,9H,2,5H2,1H3. The Balaban J connectivity index is 2.85. The summed E-state index contributed by atoms with van der Waals surface area (Å²) in [6, 6.07) is 6.23. The Morgan fingerprint density at radius 2 is 2.35 bits per heavy atom. The molecule has 0 heterocycles. The molecule has 0 aliphatic heterocycles. The molecule has 0 bridgehead atoms. The molecule has 0 N–H and O–H groups in total. The Bertz CT molecular complexity index is 456. The molecule has 0 amide bonds. The highest BCUT2D eigenvalue weighted by Gasteiger charge is 2.21. The van der Waals surface area contributed by atoms with Crippen LogP contribution in [0.4, 0.5) is 4.39 Å². The van der Waals surface area contributed by atoms with Crippen LogP contribution in [0.25, 0.3) is 0 Å². The smallest absolute Gasteiger partial charge is 0.323 e. The zero-order valence-corrected chi connectivity index (χ0v) is 10.8. The molecule has 0 radical (unpaired) electrons. The van der Waals surface area contributed by atoms with E-state index in [2.05, 4.69) is 15.9 Å². The summed E-state index contributed by atoms with van der Waals surface area (Å²) in [5, 5.41) is 8.86. The van der Waals surface area contributed by atoms with Crippen LogP contribution in [0.1, 0.15) is 12.5 Å². The van der Waals surface area contributed by atoms with Crippen LogP contribution in [-0.2, 0) is 16.0 Å². The van der Waals surface area contributed by atoms with Crippen molar-refractivity contribution in [3.05, 3.63) is 34.1 Å². The van der Waals surface area contributed by atoms with Gasteiger partial charge in [-0.1, -0.05) is 15.9 Å². The molecule has 1 aromatic rings. The van der Waals surface area contributed by atoms with Crippen LogP contribution in [-0.4, -0.2) is 12.6 Å². The average molecular weight is 300 g/mol. The lowest BCUT2D eigenvalue weighted by Crippen LogP contribution is -2.19. The van der Waals surface area contributed by atoms with Gasteiger partial charge in [-0.05, 0) is 30.7 Å². The Labute approximate surface area is 107 Å². The van der Waals surface area contributed by atoms with Crippen LogP contribution in [0, 0.1) is 23.1 Å². The van der Waals surface area contributed by atoms with Gasteiger partial charge in [0.1, 0.15) is 11.7 Å². The van der Waals surface area contributed by atoms with Crippen molar-refractivity contribution in [3.63, 3.8) is 0 Å². The molecule has 90 valence electrons. The minimum absolute atomic E-state index is 0.0145. The number of hydrogen-bond acceptors (Lipinski definition) is 3. The van der Waals surface area contributed by atoms with E-state index in [1.54, 1.807) is 19.1 Å². The van der Waals surface area contributed by atoms with Crippen LogP contribution in [0.3, 0.4) is 0 Å². The fraction of sp³-hybridized carbons (Fsp3) is 0.333. The SMILES string of the molecule is CCOC(=O)C(C#N)Cc1cc(Br)ccc1F. The van der Waals surface area contributed by atoms with Crippen LogP contribution in [0.2, 0.25) is 0 Å². The largest absolute Gasteiger partial charge is 0.465 e. The van der Waals surface area contributed by atoms with Crippen molar-refractivity contribution < 1.29 is 13.9 Å². The Morgan fingerprint density at radius 3 is 2.94 bits per heavy atom. The number of nitriles is 1. The van der Waals surface area contributed by atoms with E-state index >= 15 is 0 Å². The summed E-state index contributed by atoms with van der Waals surface area (Å²) >= 11 is 3.21. The van der Waals surface area contributed by atoms with Gasteiger partial charge in [-0.2, -0.15) is 5.26 Å². The first kappa shape index (κ1) is 13.7. The molecular formula is C12H11BrFNO2. The zero-order valence-electron chi connectivity index (χ0n) is 9.24. The van der Waals surface area contributed by atoms with Crippen LogP contribution in [0.15, 0.2) is 22.7 Å². The van der Waals surface area contributed by atoms with Crippen LogP contribution in [0.5, 0.6) is 0 Å². The lowest BCUT2D eigenvalue weighted by molar-refractivity contribution is -0.145. The number of halogens is 2. The zero-order chi connectivity index (χ0) is 12.8. The van der Waals surface area contributed by atoms with E-state index in [0.717, 1.165) is 0 Å². The third kappa shape index (κ3) is 3.82. The predicted octanol–water partition coefficient (Wildman–Crippen LogP) is 2.83. The predicted molar refractivity (Wildman–Crippen MR) is 63.5 cm³/mol. The first-order chi connectivity index (χ1) is 8.08. The summed E-state index contributed by atoms with van der Waals surface area (Å²) in [6.07, 6.45) is 0.0145. The number of rotatable bonds is 4. The summed E-state index contributed by atoms with van der Waals surface area (Å²) in [6.45, 7) is 1.87. The molecule has 0 spiro atoms. The van der Waals surface area contributed by atoms with Crippen molar-refractivity contribution in [3.8, 4) is 6.07 Å². The maximum Gasteiger partial charge on any atom is 0.323 e. The number of esters is 1. The molecule has 5 heteroatoms. The van der Waals surface area contributed by atoms with E-state index in [1.165, 1.54) is 6.07 Å². The van der Waals surface area contributed by atoms with E-state index in [-0.39, 0.29) is 13.0 Å². The third-order valence-corrected chi connectivity index (χ3v) is 2.65. The molecule has 1 aromatic carbocycles. The van der Waals surface area contributed by atoms with Gasteiger partial charge >= 0.3 is 5.97 Å². The molecule has 0 saturated carbocycles. The second kappa shape index (κ2) is 6.36. The van der Waals surface area contributed by atoms with E-state index in [0.29, 0.717) is 10.0 Å². The molecule has 17 heavy (non-hydrogen) atoms. The maximum absolute atomic E-state index is 13.4. The lowest BCUT2D eigenvalue weighted by atomic mass is 10.0. The van der Waals surface area contributed by atoms with Gasteiger partial charge in [-0.3, -0.25) is 4.79 Å². The van der Waals surface area contributed by atoms with Crippen molar-refractivity contribution in [1.29, 1.82) is 5.26 Å². The van der Waals surface area contributed by atoms with Gasteiger partial charge in [0, 0.05) is 10.9 Å². The molecule has 3 nitrogen and oxygen atoms in total. The topological polar surface area (TPSA) is 50.1 Å². The Kier molecular flexibility index (Phi) is 5.11. The highest BCUT2D eigenvalue weighted by atomic mass is 79.9. The molecule has 0 aliphatic carbocycles. The Hall–Kier alpha value is -1.41. The summed E-state index contributed by atoms with van der Waals surface area (Å²) in [5.74, 6) is -2.02. The van der Waals surface area contributed by atoms with Crippen LogP contribution < -0.4 is 0 Å². The summed E-state index contributed by atoms with van der Waals surface area (Å²) < 4.78 is 18.9. The molecule has 0 saturated heterocycles. The van der Waals surface area contributed by atoms with Crippen molar-refractivity contribution >= 4 is 21.9 Å². The Morgan fingerprint density at radius 1 is 1.65 bits per heavy atom. The maximum atomic E-state index is 13.4. The quantitative estimate of drug-likeness (QED) is 0.803. The summed E-state index contributed by atoms with van der Waals surface area (Å²) in [7, 11) is 0. The van der Waals surface area contributed by atoms with Crippen molar-refractivity contribution in [2.75, 3.05) is 6.61 Å². The number of nitrogens with zero attached hydrogens (tertiary/aromatic N) is 1. The minimum atomic E-state index is -0.973. The van der Waals surface area contributed by atoms with Crippen molar-refractivity contribution in [1.82, 2.24) is 0 Å². The van der Waals surface area contributed by atoms with Gasteiger partial charge in [0.2, 0.25) is 0 Å². The normalized spacial score (nSPS) is 11.6. The molecule has 0 aliphatic rings. The van der Waals surface area contributed by atoms with E-state index in [1.807, 2.05) is 6.07 Å². The summed E-state index contributed by atoms with van der Waals surface area (Å²) in [5.41, 5.74) is 0.318. The average Bonchev–Trinajstić information content (AvgIpc) is 2.30. The lowest BCUT2D eigenvalue weighted by Gasteiger charge is -2.09. The highest BCUT2D eigenvalue weighted by Crippen LogP contribution is 2.19. The second-order valence-corrected chi connectivity index (χ2v) is 4.29. The molecule has 1 rings (SSSR count). The number of ether oxygens (including phenoxy) is 1. The van der Waals surface area contributed by atoms with Gasteiger partial charge in [0.15, 0.2) is 0 Å². The van der Waals surface area contributed by atoms with Crippen molar-refractivity contribution in [2.45, 2.75) is 13.3 Å². The van der Waals surface area contributed by atoms with Gasteiger partial charge in [-0.15, -0.1) is 0 Å². The van der Waals surface area contributed by atoms with E-state index in [4.69, 9.17) is 10.00 Å². The van der Waals surface area contributed by atoms with E-state index < -0.39 is 17.7 Å². The number of carbonyl (C=O) groups excluding carboxylic acids is 1. The molecular weight excluding hydrogens is 289 g/mol. The number of benzene rings is 1. The van der Waals surface area contributed by atoms with Gasteiger partial charge in [0.25, 0.3) is 0 Å². The number of hydrogen-bond donors (Lipinski definition) is 0. The molecule has 0 fully saturated rings. The third-order valence-electron chi connectivity index (χ3n) is 2.16. The number of carbonyl (C=O) groups is 1. The highest BCUT2D eigenvalue weighted by molar-refractivity contribution is 9.10. The minimum Gasteiger partial charge on any atom is -0.465 e. The van der Waals surface area contributed by atoms with Gasteiger partial charge < -0.3 is 4.74 Å². The monoisotopic (exact) mass is 299 g/mol. The molecule has 1 atom stereocenters. The first-order valence-electron chi connectivity index (χ1n) is 5.08. The second-order valence-electron chi connectivity index (χ2n) is 3.37. The van der Waals surface area contributed by atoms with Crippen LogP contribution >= 0.6 is 15.9 Å². The van der Waals surface area contributed by atoms with Gasteiger partial charge in [-0.25, -0.2) is 4.39 Å². The molecule has 1 unspecified atom stereocenters. The first-order valence-corrected chi connectivity index (χ1v) is 5.88. The fourth-order valence-electron chi connectivity index (χ4n) is 1.34. The van der Waals surface area contributed by atoms with E-state index in [9.17, 15) is 9.18 Å². The molecule has 0 aromatic heterocycles.